The molecule has 0 aromatic heterocycles. The third-order valence-corrected chi connectivity index (χ3v) is 5.90. The van der Waals surface area contributed by atoms with Crippen LogP contribution in [0.3, 0.4) is 0 Å². The summed E-state index contributed by atoms with van der Waals surface area (Å²) in [6.07, 6.45) is 1.01. The molecule has 1 aromatic carbocycles. The summed E-state index contributed by atoms with van der Waals surface area (Å²) in [5, 5.41) is 0.172. The smallest absolute Gasteiger partial charge is 0.246 e. The quantitative estimate of drug-likeness (QED) is 0.877. The number of rotatable bonds is 4. The number of ether oxygens (including phenoxy) is 1. The van der Waals surface area contributed by atoms with Gasteiger partial charge in [-0.15, -0.1) is 12.4 Å². The van der Waals surface area contributed by atoms with Crippen molar-refractivity contribution < 1.29 is 17.5 Å². The molecule has 2 atom stereocenters. The van der Waals surface area contributed by atoms with Crippen molar-refractivity contribution in [3.05, 3.63) is 29.0 Å². The van der Waals surface area contributed by atoms with Gasteiger partial charge in [0.25, 0.3) is 0 Å². The first-order valence-corrected chi connectivity index (χ1v) is 8.41. The fraction of sp³-hybridized carbons (Fsp3) is 0.538. The minimum Gasteiger partial charge on any atom is -0.381 e. The molecule has 0 bridgehead atoms. The minimum atomic E-state index is -3.97. The summed E-state index contributed by atoms with van der Waals surface area (Å²) in [7, 11) is -2.39. The molecule has 1 heterocycles. The van der Waals surface area contributed by atoms with Crippen molar-refractivity contribution in [1.29, 1.82) is 0 Å². The first-order valence-electron chi connectivity index (χ1n) is 6.60. The number of hydrogen-bond donors (Lipinski definition) is 1. The van der Waals surface area contributed by atoms with Crippen molar-refractivity contribution in [1.82, 2.24) is 4.31 Å². The molecule has 2 N–H and O–H groups in total. The third-order valence-electron chi connectivity index (χ3n) is 3.70. The maximum atomic E-state index is 13.9. The number of piperidine rings is 1. The Kier molecular flexibility index (Phi) is 7.04. The van der Waals surface area contributed by atoms with Crippen molar-refractivity contribution in [2.45, 2.75) is 29.9 Å². The second-order valence-electron chi connectivity index (χ2n) is 4.96. The fourth-order valence-electron chi connectivity index (χ4n) is 2.54. The van der Waals surface area contributed by atoms with Crippen LogP contribution in [0.5, 0.6) is 0 Å². The Bertz CT molecular complexity index is 615. The van der Waals surface area contributed by atoms with Crippen LogP contribution in [-0.4, -0.2) is 45.1 Å². The molecule has 2 unspecified atom stereocenters. The van der Waals surface area contributed by atoms with E-state index in [0.717, 1.165) is 12.1 Å². The normalized spacial score (nSPS) is 23.1. The van der Waals surface area contributed by atoms with Gasteiger partial charge in [0.2, 0.25) is 10.0 Å². The summed E-state index contributed by atoms with van der Waals surface area (Å²) < 4.78 is 45.7. The van der Waals surface area contributed by atoms with Crippen LogP contribution in [0.2, 0.25) is 5.02 Å². The second kappa shape index (κ2) is 7.90. The Labute approximate surface area is 141 Å². The van der Waals surface area contributed by atoms with Crippen LogP contribution < -0.4 is 5.73 Å². The van der Waals surface area contributed by atoms with Crippen LogP contribution >= 0.6 is 24.0 Å². The van der Waals surface area contributed by atoms with E-state index in [1.165, 1.54) is 10.4 Å². The van der Waals surface area contributed by atoms with E-state index in [1.54, 1.807) is 7.11 Å². The average molecular weight is 373 g/mol. The zero-order valence-electron chi connectivity index (χ0n) is 12.0. The SMILES string of the molecule is COC1CCN(S(=O)(=O)c2cc(Cl)ccc2F)C(CN)C1.Cl. The third kappa shape index (κ3) is 3.90. The lowest BCUT2D eigenvalue weighted by Crippen LogP contribution is -2.51. The molecule has 0 radical (unpaired) electrons. The molecule has 9 heteroatoms. The summed E-state index contributed by atoms with van der Waals surface area (Å²) in [4.78, 5) is -0.413. The lowest BCUT2D eigenvalue weighted by atomic mass is 10.0. The molecule has 22 heavy (non-hydrogen) atoms. The molecule has 5 nitrogen and oxygen atoms in total. The predicted molar refractivity (Wildman–Crippen MR) is 85.4 cm³/mol. The Morgan fingerprint density at radius 1 is 1.50 bits per heavy atom. The number of nitrogens with zero attached hydrogens (tertiary/aromatic N) is 1. The lowest BCUT2D eigenvalue weighted by Gasteiger charge is -2.37. The van der Waals surface area contributed by atoms with E-state index in [0.29, 0.717) is 12.8 Å². The maximum absolute atomic E-state index is 13.9. The number of nitrogens with two attached hydrogens (primary N) is 1. The molecule has 0 saturated carbocycles. The molecular weight excluding hydrogens is 354 g/mol. The van der Waals surface area contributed by atoms with Crippen molar-refractivity contribution in [2.75, 3.05) is 20.2 Å². The highest BCUT2D eigenvalue weighted by Crippen LogP contribution is 2.29. The highest BCUT2D eigenvalue weighted by atomic mass is 35.5. The van der Waals surface area contributed by atoms with E-state index in [9.17, 15) is 12.8 Å². The van der Waals surface area contributed by atoms with E-state index >= 15 is 0 Å². The van der Waals surface area contributed by atoms with Gasteiger partial charge in [-0.3, -0.25) is 0 Å². The van der Waals surface area contributed by atoms with E-state index in [4.69, 9.17) is 22.1 Å². The van der Waals surface area contributed by atoms with Gasteiger partial charge in [-0.2, -0.15) is 4.31 Å². The Balaban J connectivity index is 0.00000242. The summed E-state index contributed by atoms with van der Waals surface area (Å²) in [6, 6.07) is 3.08. The van der Waals surface area contributed by atoms with Crippen molar-refractivity contribution in [2.24, 2.45) is 5.73 Å². The molecular formula is C13H19Cl2FN2O3S. The minimum absolute atomic E-state index is 0. The fourth-order valence-corrected chi connectivity index (χ4v) is 4.53. The molecule has 1 fully saturated rings. The molecule has 1 saturated heterocycles. The topological polar surface area (TPSA) is 72.6 Å². The van der Waals surface area contributed by atoms with Gasteiger partial charge in [0.05, 0.1) is 6.10 Å². The van der Waals surface area contributed by atoms with Crippen molar-refractivity contribution in [3.63, 3.8) is 0 Å². The zero-order valence-corrected chi connectivity index (χ0v) is 14.4. The van der Waals surface area contributed by atoms with E-state index in [-0.39, 0.29) is 36.6 Å². The van der Waals surface area contributed by atoms with Gasteiger partial charge < -0.3 is 10.5 Å². The summed E-state index contributed by atoms with van der Waals surface area (Å²) in [5.41, 5.74) is 5.67. The van der Waals surface area contributed by atoms with Gasteiger partial charge in [-0.25, -0.2) is 12.8 Å². The second-order valence-corrected chi connectivity index (χ2v) is 7.26. The van der Waals surface area contributed by atoms with Gasteiger partial charge in [0.15, 0.2) is 0 Å². The summed E-state index contributed by atoms with van der Waals surface area (Å²) >= 11 is 5.78. The van der Waals surface area contributed by atoms with Crippen LogP contribution in [0.1, 0.15) is 12.8 Å². The van der Waals surface area contributed by atoms with Crippen molar-refractivity contribution >= 4 is 34.0 Å². The first kappa shape index (κ1) is 19.6. The molecule has 1 aliphatic heterocycles. The first-order chi connectivity index (χ1) is 9.90. The van der Waals surface area contributed by atoms with E-state index in [1.807, 2.05) is 0 Å². The standard InChI is InChI=1S/C13H18ClFN2O3S.ClH/c1-20-11-4-5-17(10(7-11)8-16)21(18,19)13-6-9(14)2-3-12(13)15;/h2-3,6,10-11H,4-5,7-8,16H2,1H3;1H. The molecule has 1 aromatic rings. The zero-order chi connectivity index (χ0) is 15.6. The van der Waals surface area contributed by atoms with Gasteiger partial charge in [-0.1, -0.05) is 11.6 Å². The van der Waals surface area contributed by atoms with E-state index in [2.05, 4.69) is 0 Å². The van der Waals surface area contributed by atoms with Gasteiger partial charge in [-0.05, 0) is 31.0 Å². The number of hydrogen-bond acceptors (Lipinski definition) is 4. The Morgan fingerprint density at radius 3 is 2.77 bits per heavy atom. The highest BCUT2D eigenvalue weighted by molar-refractivity contribution is 7.89. The summed E-state index contributed by atoms with van der Waals surface area (Å²) in [6.45, 7) is 0.399. The molecule has 0 aliphatic carbocycles. The monoisotopic (exact) mass is 372 g/mol. The Morgan fingerprint density at radius 2 is 2.18 bits per heavy atom. The van der Waals surface area contributed by atoms with Crippen LogP contribution in [0.25, 0.3) is 0 Å². The number of sulfonamides is 1. The van der Waals surface area contributed by atoms with Crippen molar-refractivity contribution in [3.8, 4) is 0 Å². The molecule has 0 spiro atoms. The maximum Gasteiger partial charge on any atom is 0.246 e. The summed E-state index contributed by atoms with van der Waals surface area (Å²) in [5.74, 6) is -0.816. The van der Waals surface area contributed by atoms with Gasteiger partial charge in [0, 0.05) is 31.3 Å². The van der Waals surface area contributed by atoms with Gasteiger partial charge in [0.1, 0.15) is 10.7 Å². The van der Waals surface area contributed by atoms with Gasteiger partial charge >= 0.3 is 0 Å². The molecule has 1 aliphatic rings. The van der Waals surface area contributed by atoms with Crippen LogP contribution in [0.15, 0.2) is 23.1 Å². The van der Waals surface area contributed by atoms with E-state index < -0.39 is 26.8 Å². The number of methoxy groups -OCH3 is 1. The predicted octanol–water partition coefficient (Wildman–Crippen LogP) is 2.03. The van der Waals surface area contributed by atoms with Crippen LogP contribution in [-0.2, 0) is 14.8 Å². The molecule has 2 rings (SSSR count). The number of halogens is 3. The lowest BCUT2D eigenvalue weighted by molar-refractivity contribution is 0.0401. The number of benzene rings is 1. The molecule has 126 valence electrons. The van der Waals surface area contributed by atoms with Crippen LogP contribution in [0.4, 0.5) is 4.39 Å². The average Bonchev–Trinajstić information content (AvgIpc) is 2.48. The van der Waals surface area contributed by atoms with Crippen LogP contribution in [0, 0.1) is 5.82 Å². The Hall–Kier alpha value is -0.440. The highest BCUT2D eigenvalue weighted by Gasteiger charge is 2.37. The largest absolute Gasteiger partial charge is 0.381 e. The molecule has 0 amide bonds.